The van der Waals surface area contributed by atoms with Crippen molar-refractivity contribution in [2.75, 3.05) is 26.1 Å². The third kappa shape index (κ3) is 3.16. The minimum Gasteiger partial charge on any atom is -0.497 e. The average Bonchev–Trinajstić information content (AvgIpc) is 2.46. The predicted octanol–water partition coefficient (Wildman–Crippen LogP) is 4.10. The first-order chi connectivity index (χ1) is 9.93. The maximum absolute atomic E-state index is 11.3. The van der Waals surface area contributed by atoms with Gasteiger partial charge >= 0.3 is 0 Å². The van der Waals surface area contributed by atoms with Crippen molar-refractivity contribution in [3.63, 3.8) is 0 Å². The van der Waals surface area contributed by atoms with Crippen LogP contribution in [0, 0.1) is 10.1 Å². The fourth-order valence-electron chi connectivity index (χ4n) is 2.18. The van der Waals surface area contributed by atoms with Crippen molar-refractivity contribution >= 4 is 27.3 Å². The van der Waals surface area contributed by atoms with Gasteiger partial charge in [0, 0.05) is 30.2 Å². The summed E-state index contributed by atoms with van der Waals surface area (Å²) in [5.41, 5.74) is 2.33. The van der Waals surface area contributed by atoms with Crippen LogP contribution in [-0.2, 0) is 0 Å². The van der Waals surface area contributed by atoms with E-state index in [2.05, 4.69) is 15.9 Å². The van der Waals surface area contributed by atoms with Gasteiger partial charge in [0.25, 0.3) is 5.69 Å². The average molecular weight is 351 g/mol. The second-order valence-corrected chi connectivity index (χ2v) is 5.62. The van der Waals surface area contributed by atoms with Crippen LogP contribution in [-0.4, -0.2) is 26.1 Å². The number of benzene rings is 2. The number of hydrogen-bond donors (Lipinski definition) is 0. The Morgan fingerprint density at radius 2 is 1.81 bits per heavy atom. The van der Waals surface area contributed by atoms with Gasteiger partial charge in [-0.3, -0.25) is 10.1 Å². The van der Waals surface area contributed by atoms with Crippen LogP contribution in [0.2, 0.25) is 0 Å². The molecule has 0 N–H and O–H groups in total. The Labute approximate surface area is 131 Å². The number of rotatable bonds is 4. The van der Waals surface area contributed by atoms with E-state index in [4.69, 9.17) is 4.74 Å². The zero-order valence-corrected chi connectivity index (χ0v) is 13.5. The number of hydrogen-bond acceptors (Lipinski definition) is 4. The van der Waals surface area contributed by atoms with E-state index in [0.29, 0.717) is 10.2 Å². The number of ether oxygens (including phenoxy) is 1. The molecule has 0 unspecified atom stereocenters. The minimum absolute atomic E-state index is 0.0696. The SMILES string of the molecule is COc1ccc(-c2cc(Br)cc([N+](=O)[O-])c2N(C)C)cc1. The van der Waals surface area contributed by atoms with Crippen molar-refractivity contribution < 1.29 is 9.66 Å². The van der Waals surface area contributed by atoms with Crippen LogP contribution in [0.15, 0.2) is 40.9 Å². The van der Waals surface area contributed by atoms with Crippen molar-refractivity contribution in [2.45, 2.75) is 0 Å². The molecule has 0 saturated carbocycles. The summed E-state index contributed by atoms with van der Waals surface area (Å²) in [7, 11) is 5.19. The highest BCUT2D eigenvalue weighted by Gasteiger charge is 2.21. The lowest BCUT2D eigenvalue weighted by atomic mass is 10.0. The van der Waals surface area contributed by atoms with Gasteiger partial charge in [0.1, 0.15) is 11.4 Å². The summed E-state index contributed by atoms with van der Waals surface area (Å²) in [4.78, 5) is 12.7. The molecule has 0 radical (unpaired) electrons. The van der Waals surface area contributed by atoms with Crippen LogP contribution < -0.4 is 9.64 Å². The molecule has 2 aromatic carbocycles. The van der Waals surface area contributed by atoms with Gasteiger partial charge in [-0.05, 0) is 23.8 Å². The number of anilines is 1. The highest BCUT2D eigenvalue weighted by Crippen LogP contribution is 2.40. The van der Waals surface area contributed by atoms with E-state index in [1.807, 2.05) is 30.3 Å². The third-order valence-corrected chi connectivity index (χ3v) is 3.56. The highest BCUT2D eigenvalue weighted by atomic mass is 79.9. The zero-order chi connectivity index (χ0) is 15.6. The van der Waals surface area contributed by atoms with Gasteiger partial charge in [0.05, 0.1) is 12.0 Å². The van der Waals surface area contributed by atoms with Crippen LogP contribution in [0.1, 0.15) is 0 Å². The maximum atomic E-state index is 11.3. The summed E-state index contributed by atoms with van der Waals surface area (Å²) < 4.78 is 5.81. The molecule has 0 aliphatic heterocycles. The molecular weight excluding hydrogens is 336 g/mol. The second kappa shape index (κ2) is 6.13. The van der Waals surface area contributed by atoms with Gasteiger partial charge in [0.15, 0.2) is 0 Å². The van der Waals surface area contributed by atoms with E-state index in [0.717, 1.165) is 16.9 Å². The molecule has 0 heterocycles. The standard InChI is InChI=1S/C15H15BrN2O3/c1-17(2)15-13(8-11(16)9-14(15)18(19)20)10-4-6-12(21-3)7-5-10/h4-9H,1-3H3. The Hall–Kier alpha value is -2.08. The number of halogens is 1. The molecule has 0 saturated heterocycles. The second-order valence-electron chi connectivity index (χ2n) is 4.70. The Morgan fingerprint density at radius 3 is 2.29 bits per heavy atom. The van der Waals surface area contributed by atoms with E-state index in [1.165, 1.54) is 6.07 Å². The van der Waals surface area contributed by atoms with Crippen LogP contribution >= 0.6 is 15.9 Å². The van der Waals surface area contributed by atoms with Gasteiger partial charge in [-0.2, -0.15) is 0 Å². The number of methoxy groups -OCH3 is 1. The first-order valence-electron chi connectivity index (χ1n) is 6.23. The first kappa shape index (κ1) is 15.3. The molecule has 0 amide bonds. The Kier molecular flexibility index (Phi) is 4.47. The Morgan fingerprint density at radius 1 is 1.19 bits per heavy atom. The van der Waals surface area contributed by atoms with Crippen molar-refractivity contribution in [1.29, 1.82) is 0 Å². The smallest absolute Gasteiger partial charge is 0.294 e. The van der Waals surface area contributed by atoms with Crippen LogP contribution in [0.5, 0.6) is 5.75 Å². The maximum Gasteiger partial charge on any atom is 0.294 e. The largest absolute Gasteiger partial charge is 0.497 e. The quantitative estimate of drug-likeness (QED) is 0.615. The van der Waals surface area contributed by atoms with Gasteiger partial charge in [0.2, 0.25) is 0 Å². The van der Waals surface area contributed by atoms with Gasteiger partial charge in [-0.15, -0.1) is 0 Å². The summed E-state index contributed by atoms with van der Waals surface area (Å²) in [6.07, 6.45) is 0. The zero-order valence-electron chi connectivity index (χ0n) is 12.0. The molecule has 21 heavy (non-hydrogen) atoms. The Balaban J connectivity index is 2.68. The molecule has 6 heteroatoms. The molecule has 0 bridgehead atoms. The van der Waals surface area contributed by atoms with E-state index in [9.17, 15) is 10.1 Å². The molecule has 2 aromatic rings. The van der Waals surface area contributed by atoms with Crippen molar-refractivity contribution in [2.24, 2.45) is 0 Å². The van der Waals surface area contributed by atoms with Crippen molar-refractivity contribution in [3.05, 3.63) is 51.0 Å². The number of nitrogens with zero attached hydrogens (tertiary/aromatic N) is 2. The van der Waals surface area contributed by atoms with E-state index < -0.39 is 0 Å². The lowest BCUT2D eigenvalue weighted by Crippen LogP contribution is -2.12. The molecule has 0 aromatic heterocycles. The number of nitro groups is 1. The lowest BCUT2D eigenvalue weighted by molar-refractivity contribution is -0.384. The monoisotopic (exact) mass is 350 g/mol. The molecule has 0 aliphatic rings. The highest BCUT2D eigenvalue weighted by molar-refractivity contribution is 9.10. The molecule has 0 fully saturated rings. The fourth-order valence-corrected chi connectivity index (χ4v) is 2.63. The minimum atomic E-state index is -0.368. The summed E-state index contributed by atoms with van der Waals surface area (Å²) >= 11 is 3.34. The van der Waals surface area contributed by atoms with E-state index in [-0.39, 0.29) is 10.6 Å². The normalized spacial score (nSPS) is 10.3. The molecule has 110 valence electrons. The summed E-state index contributed by atoms with van der Waals surface area (Å²) in [5.74, 6) is 0.745. The topological polar surface area (TPSA) is 55.6 Å². The summed E-state index contributed by atoms with van der Waals surface area (Å²) in [6, 6.07) is 10.8. The first-order valence-corrected chi connectivity index (χ1v) is 7.03. The summed E-state index contributed by atoms with van der Waals surface area (Å²) in [5, 5.41) is 11.3. The number of nitro benzene ring substituents is 1. The van der Waals surface area contributed by atoms with Gasteiger partial charge in [-0.25, -0.2) is 0 Å². The Bertz CT molecular complexity index is 669. The van der Waals surface area contributed by atoms with E-state index in [1.54, 1.807) is 26.1 Å². The third-order valence-electron chi connectivity index (χ3n) is 3.10. The fraction of sp³-hybridized carbons (Fsp3) is 0.200. The lowest BCUT2D eigenvalue weighted by Gasteiger charge is -2.18. The van der Waals surface area contributed by atoms with Crippen LogP contribution in [0.4, 0.5) is 11.4 Å². The van der Waals surface area contributed by atoms with Gasteiger partial charge < -0.3 is 9.64 Å². The molecule has 0 atom stereocenters. The molecule has 0 spiro atoms. The molecule has 0 aliphatic carbocycles. The molecule has 2 rings (SSSR count). The van der Waals surface area contributed by atoms with Crippen LogP contribution in [0.3, 0.4) is 0 Å². The predicted molar refractivity (Wildman–Crippen MR) is 87.1 cm³/mol. The summed E-state index contributed by atoms with van der Waals surface area (Å²) in [6.45, 7) is 0. The molecule has 5 nitrogen and oxygen atoms in total. The van der Waals surface area contributed by atoms with Crippen molar-refractivity contribution in [3.8, 4) is 16.9 Å². The molecular formula is C15H15BrN2O3. The van der Waals surface area contributed by atoms with Crippen LogP contribution in [0.25, 0.3) is 11.1 Å². The van der Waals surface area contributed by atoms with Gasteiger partial charge in [-0.1, -0.05) is 28.1 Å². The van der Waals surface area contributed by atoms with E-state index >= 15 is 0 Å². The van der Waals surface area contributed by atoms with Crippen molar-refractivity contribution in [1.82, 2.24) is 0 Å².